The molecule has 3 aromatic carbocycles. The number of anilines is 1. The van der Waals surface area contributed by atoms with Crippen molar-refractivity contribution < 1.29 is 23.8 Å². The van der Waals surface area contributed by atoms with E-state index in [9.17, 15) is 9.59 Å². The van der Waals surface area contributed by atoms with E-state index in [4.69, 9.17) is 9.47 Å². The Morgan fingerprint density at radius 1 is 0.867 bits per heavy atom. The van der Waals surface area contributed by atoms with Gasteiger partial charge in [-0.25, -0.2) is 4.79 Å². The molecule has 154 valence electrons. The van der Waals surface area contributed by atoms with Gasteiger partial charge in [-0.3, -0.25) is 4.79 Å². The number of esters is 1. The molecule has 0 fully saturated rings. The molecule has 30 heavy (non-hydrogen) atoms. The van der Waals surface area contributed by atoms with Gasteiger partial charge in [0.1, 0.15) is 18.1 Å². The molecule has 0 saturated heterocycles. The van der Waals surface area contributed by atoms with E-state index in [0.717, 1.165) is 5.56 Å². The van der Waals surface area contributed by atoms with Gasteiger partial charge < -0.3 is 19.5 Å². The SMILES string of the molecule is COC(=O)c1ccc(O[C@H](C)C(=O)Nc2ccc(OCc3ccccc3)cc2)cc1. The van der Waals surface area contributed by atoms with Gasteiger partial charge in [-0.05, 0) is 61.0 Å². The fourth-order valence-corrected chi connectivity index (χ4v) is 2.66. The molecule has 0 aliphatic rings. The summed E-state index contributed by atoms with van der Waals surface area (Å²) in [6.45, 7) is 2.13. The van der Waals surface area contributed by atoms with Crippen LogP contribution in [0.2, 0.25) is 0 Å². The molecule has 0 aliphatic carbocycles. The molecule has 1 amide bonds. The highest BCUT2D eigenvalue weighted by Gasteiger charge is 2.15. The normalized spacial score (nSPS) is 11.3. The zero-order valence-corrected chi connectivity index (χ0v) is 16.8. The summed E-state index contributed by atoms with van der Waals surface area (Å²) >= 11 is 0. The summed E-state index contributed by atoms with van der Waals surface area (Å²) in [7, 11) is 1.32. The average molecular weight is 405 g/mol. The lowest BCUT2D eigenvalue weighted by Crippen LogP contribution is -2.30. The second-order valence-corrected chi connectivity index (χ2v) is 6.56. The van der Waals surface area contributed by atoms with Crippen LogP contribution in [0.3, 0.4) is 0 Å². The highest BCUT2D eigenvalue weighted by atomic mass is 16.5. The Morgan fingerprint density at radius 3 is 2.13 bits per heavy atom. The summed E-state index contributed by atoms with van der Waals surface area (Å²) in [5.41, 5.74) is 2.14. The standard InChI is InChI=1S/C24H23NO5/c1-17(30-22-12-8-19(9-13-22)24(27)28-2)23(26)25-20-10-14-21(15-11-20)29-16-18-6-4-3-5-7-18/h3-15,17H,16H2,1-2H3,(H,25,26)/t17-/m1/s1. The molecule has 6 heteroatoms. The third-order valence-electron chi connectivity index (χ3n) is 4.33. The molecule has 0 saturated carbocycles. The van der Waals surface area contributed by atoms with Gasteiger partial charge in [0.25, 0.3) is 5.91 Å². The number of carbonyl (C=O) groups is 2. The number of ether oxygens (including phenoxy) is 3. The minimum atomic E-state index is -0.719. The van der Waals surface area contributed by atoms with E-state index in [-0.39, 0.29) is 5.91 Å². The van der Waals surface area contributed by atoms with Crippen molar-refractivity contribution in [3.8, 4) is 11.5 Å². The van der Waals surface area contributed by atoms with Crippen molar-refractivity contribution in [3.63, 3.8) is 0 Å². The van der Waals surface area contributed by atoms with Crippen LogP contribution in [0.5, 0.6) is 11.5 Å². The first kappa shape index (κ1) is 20.9. The molecule has 1 atom stereocenters. The van der Waals surface area contributed by atoms with Crippen molar-refractivity contribution >= 4 is 17.6 Å². The average Bonchev–Trinajstić information content (AvgIpc) is 2.79. The van der Waals surface area contributed by atoms with E-state index < -0.39 is 12.1 Å². The van der Waals surface area contributed by atoms with Gasteiger partial charge in [0.2, 0.25) is 0 Å². The molecule has 6 nitrogen and oxygen atoms in total. The zero-order valence-electron chi connectivity index (χ0n) is 16.8. The Labute approximate surface area is 175 Å². The first-order chi connectivity index (χ1) is 14.5. The van der Waals surface area contributed by atoms with Crippen LogP contribution >= 0.6 is 0 Å². The highest BCUT2D eigenvalue weighted by molar-refractivity contribution is 5.94. The number of amides is 1. The number of hydrogen-bond donors (Lipinski definition) is 1. The van der Waals surface area contributed by atoms with Crippen LogP contribution in [-0.2, 0) is 16.1 Å². The maximum Gasteiger partial charge on any atom is 0.337 e. The molecular formula is C24H23NO5. The summed E-state index contributed by atoms with van der Waals surface area (Å²) in [6.07, 6.45) is -0.719. The minimum absolute atomic E-state index is 0.287. The number of nitrogens with one attached hydrogen (secondary N) is 1. The smallest absolute Gasteiger partial charge is 0.337 e. The molecule has 0 heterocycles. The van der Waals surface area contributed by atoms with E-state index in [2.05, 4.69) is 10.1 Å². The molecule has 3 rings (SSSR count). The van der Waals surface area contributed by atoms with E-state index in [0.29, 0.717) is 29.4 Å². The lowest BCUT2D eigenvalue weighted by atomic mass is 10.2. The monoisotopic (exact) mass is 405 g/mol. The Balaban J connectivity index is 1.50. The molecule has 3 aromatic rings. The lowest BCUT2D eigenvalue weighted by Gasteiger charge is -2.15. The van der Waals surface area contributed by atoms with Gasteiger partial charge in [-0.2, -0.15) is 0 Å². The summed E-state index contributed by atoms with van der Waals surface area (Å²) in [5, 5.41) is 2.81. The predicted molar refractivity (Wildman–Crippen MR) is 114 cm³/mol. The molecule has 0 aliphatic heterocycles. The van der Waals surface area contributed by atoms with Gasteiger partial charge in [0, 0.05) is 5.69 Å². The van der Waals surface area contributed by atoms with Gasteiger partial charge in [-0.1, -0.05) is 30.3 Å². The van der Waals surface area contributed by atoms with Gasteiger partial charge >= 0.3 is 5.97 Å². The number of carbonyl (C=O) groups excluding carboxylic acids is 2. The van der Waals surface area contributed by atoms with E-state index in [1.807, 2.05) is 30.3 Å². The Hall–Kier alpha value is -3.80. The summed E-state index contributed by atoms with van der Waals surface area (Å²) in [4.78, 5) is 23.9. The maximum atomic E-state index is 12.4. The topological polar surface area (TPSA) is 73.9 Å². The van der Waals surface area contributed by atoms with Crippen LogP contribution in [0.15, 0.2) is 78.9 Å². The largest absolute Gasteiger partial charge is 0.489 e. The van der Waals surface area contributed by atoms with Crippen molar-refractivity contribution in [2.24, 2.45) is 0 Å². The van der Waals surface area contributed by atoms with Crippen molar-refractivity contribution in [3.05, 3.63) is 90.0 Å². The van der Waals surface area contributed by atoms with Crippen LogP contribution in [0.1, 0.15) is 22.8 Å². The van der Waals surface area contributed by atoms with Crippen molar-refractivity contribution in [2.75, 3.05) is 12.4 Å². The Morgan fingerprint density at radius 2 is 1.50 bits per heavy atom. The molecule has 0 unspecified atom stereocenters. The second kappa shape index (κ2) is 10.1. The first-order valence-electron chi connectivity index (χ1n) is 9.48. The highest BCUT2D eigenvalue weighted by Crippen LogP contribution is 2.19. The number of hydrogen-bond acceptors (Lipinski definition) is 5. The maximum absolute atomic E-state index is 12.4. The third-order valence-corrected chi connectivity index (χ3v) is 4.33. The molecule has 0 aromatic heterocycles. The Kier molecular flexibility index (Phi) is 7.05. The molecule has 1 N–H and O–H groups in total. The van der Waals surface area contributed by atoms with E-state index in [1.165, 1.54) is 7.11 Å². The molecular weight excluding hydrogens is 382 g/mol. The van der Waals surface area contributed by atoms with Crippen molar-refractivity contribution in [1.82, 2.24) is 0 Å². The second-order valence-electron chi connectivity index (χ2n) is 6.56. The number of benzene rings is 3. The molecule has 0 spiro atoms. The summed E-state index contributed by atoms with van der Waals surface area (Å²) < 4.78 is 16.0. The quantitative estimate of drug-likeness (QED) is 0.560. The number of rotatable bonds is 8. The minimum Gasteiger partial charge on any atom is -0.489 e. The fraction of sp³-hybridized carbons (Fsp3) is 0.167. The van der Waals surface area contributed by atoms with Crippen molar-refractivity contribution in [2.45, 2.75) is 19.6 Å². The molecule has 0 radical (unpaired) electrons. The first-order valence-corrected chi connectivity index (χ1v) is 9.48. The van der Waals surface area contributed by atoms with Crippen LogP contribution < -0.4 is 14.8 Å². The molecule has 0 bridgehead atoms. The van der Waals surface area contributed by atoms with E-state index in [1.54, 1.807) is 55.5 Å². The van der Waals surface area contributed by atoms with Gasteiger partial charge in [-0.15, -0.1) is 0 Å². The van der Waals surface area contributed by atoms with Crippen LogP contribution in [-0.4, -0.2) is 25.1 Å². The van der Waals surface area contributed by atoms with Gasteiger partial charge in [0.15, 0.2) is 6.10 Å². The predicted octanol–water partition coefficient (Wildman–Crippen LogP) is 4.46. The lowest BCUT2D eigenvalue weighted by molar-refractivity contribution is -0.122. The van der Waals surface area contributed by atoms with E-state index >= 15 is 0 Å². The third kappa shape index (κ3) is 5.85. The van der Waals surface area contributed by atoms with Crippen LogP contribution in [0.25, 0.3) is 0 Å². The van der Waals surface area contributed by atoms with Gasteiger partial charge in [0.05, 0.1) is 12.7 Å². The van der Waals surface area contributed by atoms with Crippen LogP contribution in [0.4, 0.5) is 5.69 Å². The van der Waals surface area contributed by atoms with Crippen molar-refractivity contribution in [1.29, 1.82) is 0 Å². The fourth-order valence-electron chi connectivity index (χ4n) is 2.66. The summed E-state index contributed by atoms with van der Waals surface area (Å²) in [5.74, 6) is 0.482. The number of methoxy groups -OCH3 is 1. The zero-order chi connectivity index (χ0) is 21.3. The Bertz CT molecular complexity index is 969. The summed E-state index contributed by atoms with van der Waals surface area (Å²) in [6, 6.07) is 23.4. The van der Waals surface area contributed by atoms with Crippen LogP contribution in [0, 0.1) is 0 Å².